The van der Waals surface area contributed by atoms with Gasteiger partial charge in [0.25, 0.3) is 0 Å². The molecule has 0 N–H and O–H groups in total. The van der Waals surface area contributed by atoms with E-state index < -0.39 is 0 Å². The third-order valence-electron chi connectivity index (χ3n) is 2.21. The standard InChI is InChI=1S/C14H24O2/c1-3-4-5-6-7-8-9-10-11-12-13-16-14(2)15/h3-4,8-9H,5-7,10-13H2,1-2H3. The van der Waals surface area contributed by atoms with Gasteiger partial charge in [-0.2, -0.15) is 0 Å². The third kappa shape index (κ3) is 12.9. The van der Waals surface area contributed by atoms with E-state index in [2.05, 4.69) is 31.2 Å². The molecule has 0 unspecified atom stereocenters. The second-order valence-corrected chi connectivity index (χ2v) is 3.81. The second kappa shape index (κ2) is 12.0. The minimum absolute atomic E-state index is 0.181. The summed E-state index contributed by atoms with van der Waals surface area (Å²) in [7, 11) is 0. The molecular weight excluding hydrogens is 200 g/mol. The fourth-order valence-electron chi connectivity index (χ4n) is 1.34. The van der Waals surface area contributed by atoms with Crippen molar-refractivity contribution in [1.82, 2.24) is 0 Å². The lowest BCUT2D eigenvalue weighted by Gasteiger charge is -1.99. The monoisotopic (exact) mass is 224 g/mol. The highest BCUT2D eigenvalue weighted by Crippen LogP contribution is 2.01. The maximum absolute atomic E-state index is 10.5. The van der Waals surface area contributed by atoms with Gasteiger partial charge >= 0.3 is 5.97 Å². The molecule has 0 amide bonds. The van der Waals surface area contributed by atoms with Gasteiger partial charge in [-0.05, 0) is 45.4 Å². The minimum Gasteiger partial charge on any atom is -0.466 e. The van der Waals surface area contributed by atoms with Crippen LogP contribution in [0.5, 0.6) is 0 Å². The SMILES string of the molecule is CC=CCCCC=CCCCCOC(C)=O. The third-order valence-corrected chi connectivity index (χ3v) is 2.21. The first kappa shape index (κ1) is 14.9. The normalized spacial score (nSPS) is 11.4. The van der Waals surface area contributed by atoms with Crippen LogP contribution in [0.25, 0.3) is 0 Å². The molecule has 0 aromatic heterocycles. The average Bonchev–Trinajstić information content (AvgIpc) is 2.25. The van der Waals surface area contributed by atoms with Crippen molar-refractivity contribution in [2.24, 2.45) is 0 Å². The van der Waals surface area contributed by atoms with Crippen LogP contribution in [-0.4, -0.2) is 12.6 Å². The number of esters is 1. The van der Waals surface area contributed by atoms with Gasteiger partial charge in [-0.3, -0.25) is 4.79 Å². The first-order chi connectivity index (χ1) is 7.77. The molecule has 0 fully saturated rings. The number of allylic oxidation sites excluding steroid dienone is 4. The van der Waals surface area contributed by atoms with E-state index in [-0.39, 0.29) is 5.97 Å². The van der Waals surface area contributed by atoms with Gasteiger partial charge in [0.05, 0.1) is 6.61 Å². The number of hydrogen-bond acceptors (Lipinski definition) is 2. The van der Waals surface area contributed by atoms with E-state index in [4.69, 9.17) is 4.74 Å². The highest BCUT2D eigenvalue weighted by molar-refractivity contribution is 5.65. The molecule has 2 heteroatoms. The summed E-state index contributed by atoms with van der Waals surface area (Å²) in [6.07, 6.45) is 15.5. The molecule has 0 aromatic rings. The highest BCUT2D eigenvalue weighted by atomic mass is 16.5. The molecule has 0 aliphatic heterocycles. The topological polar surface area (TPSA) is 26.3 Å². The molecule has 0 atom stereocenters. The Morgan fingerprint density at radius 2 is 1.62 bits per heavy atom. The lowest BCUT2D eigenvalue weighted by molar-refractivity contribution is -0.141. The number of carbonyl (C=O) groups excluding carboxylic acids is 1. The molecule has 0 aliphatic rings. The van der Waals surface area contributed by atoms with Crippen LogP contribution in [0.3, 0.4) is 0 Å². The van der Waals surface area contributed by atoms with Crippen molar-refractivity contribution in [3.63, 3.8) is 0 Å². The number of unbranched alkanes of at least 4 members (excludes halogenated alkanes) is 4. The van der Waals surface area contributed by atoms with Gasteiger partial charge in [0.2, 0.25) is 0 Å². The van der Waals surface area contributed by atoms with Crippen LogP contribution in [0, 0.1) is 0 Å². The van der Waals surface area contributed by atoms with Crippen molar-refractivity contribution < 1.29 is 9.53 Å². The zero-order valence-corrected chi connectivity index (χ0v) is 10.6. The summed E-state index contributed by atoms with van der Waals surface area (Å²) in [6.45, 7) is 4.06. The van der Waals surface area contributed by atoms with Crippen molar-refractivity contribution in [3.05, 3.63) is 24.3 Å². The fourth-order valence-corrected chi connectivity index (χ4v) is 1.34. The van der Waals surface area contributed by atoms with Crippen LogP contribution in [0.15, 0.2) is 24.3 Å². The van der Waals surface area contributed by atoms with Crippen molar-refractivity contribution in [2.45, 2.75) is 52.4 Å². The van der Waals surface area contributed by atoms with E-state index in [1.807, 2.05) is 0 Å². The maximum Gasteiger partial charge on any atom is 0.302 e. The first-order valence-corrected chi connectivity index (χ1v) is 6.17. The molecule has 0 rings (SSSR count). The van der Waals surface area contributed by atoms with E-state index in [1.165, 1.54) is 19.8 Å². The van der Waals surface area contributed by atoms with Crippen LogP contribution >= 0.6 is 0 Å². The summed E-state index contributed by atoms with van der Waals surface area (Å²) in [5.74, 6) is -0.181. The summed E-state index contributed by atoms with van der Waals surface area (Å²) >= 11 is 0. The predicted molar refractivity (Wildman–Crippen MR) is 68.3 cm³/mol. The molecule has 16 heavy (non-hydrogen) atoms. The van der Waals surface area contributed by atoms with E-state index in [0.717, 1.165) is 25.7 Å². The highest BCUT2D eigenvalue weighted by Gasteiger charge is 1.91. The van der Waals surface area contributed by atoms with E-state index in [1.54, 1.807) is 0 Å². The van der Waals surface area contributed by atoms with Gasteiger partial charge in [-0.15, -0.1) is 0 Å². The zero-order chi connectivity index (χ0) is 12.1. The lowest BCUT2D eigenvalue weighted by atomic mass is 10.2. The molecule has 0 saturated heterocycles. The Bertz CT molecular complexity index is 217. The number of ether oxygens (including phenoxy) is 1. The fraction of sp³-hybridized carbons (Fsp3) is 0.643. The lowest BCUT2D eigenvalue weighted by Crippen LogP contribution is -1.99. The van der Waals surface area contributed by atoms with Crippen LogP contribution in [0.1, 0.15) is 52.4 Å². The number of hydrogen-bond donors (Lipinski definition) is 0. The smallest absolute Gasteiger partial charge is 0.302 e. The van der Waals surface area contributed by atoms with Crippen LogP contribution < -0.4 is 0 Å². The van der Waals surface area contributed by atoms with Crippen molar-refractivity contribution in [2.75, 3.05) is 6.61 Å². The molecule has 0 saturated carbocycles. The quantitative estimate of drug-likeness (QED) is 0.336. The van der Waals surface area contributed by atoms with Gasteiger partial charge in [-0.25, -0.2) is 0 Å². The minimum atomic E-state index is -0.181. The Labute approximate surface area is 99.4 Å². The Kier molecular flexibility index (Phi) is 11.2. The van der Waals surface area contributed by atoms with Crippen molar-refractivity contribution in [1.29, 1.82) is 0 Å². The Balaban J connectivity index is 3.12. The van der Waals surface area contributed by atoms with Gasteiger partial charge in [-0.1, -0.05) is 24.3 Å². The summed E-state index contributed by atoms with van der Waals surface area (Å²) in [4.78, 5) is 10.5. The molecule has 0 bridgehead atoms. The van der Waals surface area contributed by atoms with E-state index >= 15 is 0 Å². The Hall–Kier alpha value is -1.05. The molecule has 0 spiro atoms. The van der Waals surface area contributed by atoms with Gasteiger partial charge < -0.3 is 4.74 Å². The molecule has 2 nitrogen and oxygen atoms in total. The summed E-state index contributed by atoms with van der Waals surface area (Å²) < 4.78 is 4.84. The number of carbonyl (C=O) groups is 1. The molecule has 92 valence electrons. The second-order valence-electron chi connectivity index (χ2n) is 3.81. The Morgan fingerprint density at radius 1 is 1.00 bits per heavy atom. The van der Waals surface area contributed by atoms with Gasteiger partial charge in [0.1, 0.15) is 0 Å². The van der Waals surface area contributed by atoms with Crippen LogP contribution in [-0.2, 0) is 9.53 Å². The average molecular weight is 224 g/mol. The summed E-state index contributed by atoms with van der Waals surface area (Å²) in [6, 6.07) is 0. The van der Waals surface area contributed by atoms with Crippen molar-refractivity contribution >= 4 is 5.97 Å². The molecule has 0 radical (unpaired) electrons. The van der Waals surface area contributed by atoms with E-state index in [9.17, 15) is 4.79 Å². The van der Waals surface area contributed by atoms with Gasteiger partial charge in [0, 0.05) is 6.92 Å². The maximum atomic E-state index is 10.5. The number of rotatable bonds is 9. The summed E-state index contributed by atoms with van der Waals surface area (Å²) in [5.41, 5.74) is 0. The van der Waals surface area contributed by atoms with Crippen LogP contribution in [0.4, 0.5) is 0 Å². The first-order valence-electron chi connectivity index (χ1n) is 6.17. The summed E-state index contributed by atoms with van der Waals surface area (Å²) in [5, 5.41) is 0. The van der Waals surface area contributed by atoms with E-state index in [0.29, 0.717) is 6.61 Å². The molecule has 0 heterocycles. The van der Waals surface area contributed by atoms with Gasteiger partial charge in [0.15, 0.2) is 0 Å². The molecular formula is C14H24O2. The largest absolute Gasteiger partial charge is 0.466 e. The van der Waals surface area contributed by atoms with Crippen LogP contribution in [0.2, 0.25) is 0 Å². The predicted octanol–water partition coefficient (Wildman–Crippen LogP) is 4.02. The Morgan fingerprint density at radius 3 is 2.25 bits per heavy atom. The zero-order valence-electron chi connectivity index (χ0n) is 10.6. The van der Waals surface area contributed by atoms with Crippen molar-refractivity contribution in [3.8, 4) is 0 Å². The molecule has 0 aliphatic carbocycles. The molecule has 0 aromatic carbocycles.